The van der Waals surface area contributed by atoms with Crippen LogP contribution < -0.4 is 17.2 Å². The van der Waals surface area contributed by atoms with E-state index in [9.17, 15) is 0 Å². The molecule has 0 fully saturated rings. The van der Waals surface area contributed by atoms with Crippen LogP contribution in [0.15, 0.2) is 121 Å². The van der Waals surface area contributed by atoms with Gasteiger partial charge in [0, 0.05) is 0 Å². The molecule has 0 N–H and O–H groups in total. The Morgan fingerprint density at radius 3 is 0.653 bits per heavy atom. The molecule has 0 saturated heterocycles. The fourth-order valence-electron chi connectivity index (χ4n) is 7.08. The van der Waals surface area contributed by atoms with Crippen LogP contribution in [0.5, 0.6) is 0 Å². The number of hydrogen-bond acceptors (Lipinski definition) is 4. The average molecular weight is 661 g/mol. The number of rotatable bonds is 4. The molecule has 0 aliphatic carbocycles. The van der Waals surface area contributed by atoms with Gasteiger partial charge in [0.05, 0.1) is 45.5 Å². The second kappa shape index (κ2) is 11.5. The summed E-state index contributed by atoms with van der Waals surface area (Å²) >= 11 is 0. The van der Waals surface area contributed by atoms with E-state index >= 15 is 0 Å². The molecular formula is C44H44N4S. The molecule has 0 radical (unpaired) electrons. The summed E-state index contributed by atoms with van der Waals surface area (Å²) in [6, 6.07) is 46.1. The molecule has 2 aliphatic rings. The third-order valence-electron chi connectivity index (χ3n) is 10.1. The van der Waals surface area contributed by atoms with Crippen LogP contribution in [-0.2, 0) is 0 Å². The number of nitrogens with zero attached hydrogens (tertiary/aromatic N) is 4. The quantitative estimate of drug-likeness (QED) is 0.187. The summed E-state index contributed by atoms with van der Waals surface area (Å²) in [6.07, 6.45) is 0. The minimum Gasteiger partial charge on any atom is -0.252 e. The van der Waals surface area contributed by atoms with Crippen molar-refractivity contribution in [3.63, 3.8) is 0 Å². The van der Waals surface area contributed by atoms with Gasteiger partial charge in [-0.15, -0.1) is 0 Å². The fourth-order valence-corrected chi connectivity index (χ4v) is 11.3. The van der Waals surface area contributed by atoms with Crippen LogP contribution in [0.3, 0.4) is 0 Å². The molecule has 6 aromatic carbocycles. The molecule has 0 unspecified atom stereocenters. The maximum Gasteiger partial charge on any atom is 0.102 e. The number of anilines is 8. The largest absolute Gasteiger partial charge is 0.252 e. The molecule has 5 heteroatoms. The lowest BCUT2D eigenvalue weighted by Crippen LogP contribution is -2.45. The lowest BCUT2D eigenvalue weighted by molar-refractivity contribution is 1.31. The third kappa shape index (κ3) is 4.74. The first-order valence-electron chi connectivity index (χ1n) is 17.1. The highest BCUT2D eigenvalue weighted by Gasteiger charge is 2.61. The topological polar surface area (TPSA) is 13.0 Å². The summed E-state index contributed by atoms with van der Waals surface area (Å²) in [5.74, 6) is 0. The Morgan fingerprint density at radius 2 is 0.469 bits per heavy atom. The Bertz CT molecular complexity index is 1880. The number of hydrogen-bond donors (Lipinski definition) is 0. The summed E-state index contributed by atoms with van der Waals surface area (Å²) in [6.45, 7) is 17.6. The Morgan fingerprint density at radius 1 is 0.286 bits per heavy atom. The summed E-state index contributed by atoms with van der Waals surface area (Å²) in [4.78, 5) is 0. The van der Waals surface area contributed by atoms with Gasteiger partial charge in [-0.05, 0) is 150 Å². The SMILES string of the molecule is Cc1ccc(N2c3cc(C)c(C)cc3N(c3ccc(C)cc3)S23N(c2ccc(C)cc2)c2cc(C)c(C)cc2N3c2ccc(C)cc2)cc1. The molecule has 8 rings (SSSR count). The number of fused-ring (bicyclic) bond motifs is 2. The molecule has 49 heavy (non-hydrogen) atoms. The molecule has 0 aromatic heterocycles. The summed E-state index contributed by atoms with van der Waals surface area (Å²) in [5, 5.41) is 0. The van der Waals surface area contributed by atoms with Gasteiger partial charge < -0.3 is 0 Å². The van der Waals surface area contributed by atoms with Gasteiger partial charge >= 0.3 is 0 Å². The van der Waals surface area contributed by atoms with Crippen LogP contribution in [-0.4, -0.2) is 0 Å². The molecule has 4 nitrogen and oxygen atoms in total. The van der Waals surface area contributed by atoms with E-state index in [1.54, 1.807) is 0 Å². The van der Waals surface area contributed by atoms with Crippen molar-refractivity contribution in [1.29, 1.82) is 0 Å². The van der Waals surface area contributed by atoms with Gasteiger partial charge in [-0.2, -0.15) is 0 Å². The van der Waals surface area contributed by atoms with Gasteiger partial charge in [0.25, 0.3) is 0 Å². The van der Waals surface area contributed by atoms with Crippen LogP contribution >= 0.6 is 10.8 Å². The predicted molar refractivity (Wildman–Crippen MR) is 213 cm³/mol. The zero-order valence-electron chi connectivity index (χ0n) is 29.7. The maximum absolute atomic E-state index is 2.67. The predicted octanol–water partition coefficient (Wildman–Crippen LogP) is 12.9. The van der Waals surface area contributed by atoms with Gasteiger partial charge in [0.1, 0.15) is 10.8 Å². The molecule has 0 saturated carbocycles. The van der Waals surface area contributed by atoms with Crippen molar-refractivity contribution in [3.05, 3.63) is 166 Å². The van der Waals surface area contributed by atoms with Gasteiger partial charge in [-0.1, -0.05) is 70.8 Å². The lowest BCUT2D eigenvalue weighted by atomic mass is 10.1. The highest BCUT2D eigenvalue weighted by molar-refractivity contribution is 8.39. The molecule has 0 atom stereocenters. The van der Waals surface area contributed by atoms with Crippen molar-refractivity contribution in [3.8, 4) is 0 Å². The van der Waals surface area contributed by atoms with E-state index in [1.807, 2.05) is 0 Å². The molecule has 2 aliphatic heterocycles. The normalized spacial score (nSPS) is 15.2. The van der Waals surface area contributed by atoms with Gasteiger partial charge in [-0.25, -0.2) is 0 Å². The van der Waals surface area contributed by atoms with Crippen LogP contribution in [0.1, 0.15) is 44.5 Å². The maximum atomic E-state index is 2.67. The van der Waals surface area contributed by atoms with Crippen LogP contribution in [0.4, 0.5) is 45.5 Å². The van der Waals surface area contributed by atoms with Crippen molar-refractivity contribution in [1.82, 2.24) is 0 Å². The van der Waals surface area contributed by atoms with Gasteiger partial charge in [0.2, 0.25) is 0 Å². The molecule has 246 valence electrons. The second-order valence-corrected chi connectivity index (χ2v) is 16.3. The average Bonchev–Trinajstić information content (AvgIpc) is 3.51. The molecule has 0 amide bonds. The van der Waals surface area contributed by atoms with E-state index in [-0.39, 0.29) is 0 Å². The van der Waals surface area contributed by atoms with E-state index in [0.717, 1.165) is 22.7 Å². The van der Waals surface area contributed by atoms with Crippen molar-refractivity contribution in [2.45, 2.75) is 55.4 Å². The Hall–Kier alpha value is -5.13. The van der Waals surface area contributed by atoms with E-state index in [2.05, 4.69) is 194 Å². The van der Waals surface area contributed by atoms with E-state index < -0.39 is 10.8 Å². The lowest BCUT2D eigenvalue weighted by Gasteiger charge is -2.56. The molecule has 6 aromatic rings. The van der Waals surface area contributed by atoms with Crippen LogP contribution in [0.2, 0.25) is 0 Å². The van der Waals surface area contributed by atoms with E-state index in [0.29, 0.717) is 0 Å². The zero-order valence-corrected chi connectivity index (χ0v) is 30.6. The minimum atomic E-state index is -2.40. The van der Waals surface area contributed by atoms with Crippen molar-refractivity contribution < 1.29 is 0 Å². The highest BCUT2D eigenvalue weighted by atomic mass is 32.3. The Labute approximate surface area is 293 Å². The van der Waals surface area contributed by atoms with E-state index in [1.165, 1.54) is 67.3 Å². The van der Waals surface area contributed by atoms with Gasteiger partial charge in [0.15, 0.2) is 0 Å². The van der Waals surface area contributed by atoms with Gasteiger partial charge in [-0.3, -0.25) is 17.2 Å². The third-order valence-corrected chi connectivity index (χ3v) is 13.7. The van der Waals surface area contributed by atoms with Crippen molar-refractivity contribution >= 4 is 56.3 Å². The van der Waals surface area contributed by atoms with E-state index in [4.69, 9.17) is 0 Å². The molecule has 1 spiro atoms. The monoisotopic (exact) mass is 660 g/mol. The minimum absolute atomic E-state index is 1.16. The highest BCUT2D eigenvalue weighted by Crippen LogP contribution is 2.82. The first-order chi connectivity index (χ1) is 23.6. The molecule has 0 bridgehead atoms. The summed E-state index contributed by atoms with van der Waals surface area (Å²) in [5.41, 5.74) is 19.6. The standard InChI is InChI=1S/C44H44N4S/c1-29-9-17-37(18-10-29)45-41-25-33(5)34(6)26-42(41)46(38-19-11-30(2)12-20-38)49(45)47(39-21-13-31(3)14-22-39)43-27-35(7)36(8)28-44(43)48(49)40-23-15-32(4)16-24-40/h9-28H,1-8H3. The first-order valence-corrected chi connectivity index (χ1v) is 18.6. The Kier molecular flexibility index (Phi) is 7.31. The van der Waals surface area contributed by atoms with Crippen molar-refractivity contribution in [2.24, 2.45) is 0 Å². The number of aryl methyl sites for hydroxylation is 8. The Balaban J connectivity index is 1.60. The van der Waals surface area contributed by atoms with Crippen LogP contribution in [0.25, 0.3) is 0 Å². The molecule has 2 heterocycles. The van der Waals surface area contributed by atoms with Crippen LogP contribution in [0, 0.1) is 55.4 Å². The zero-order chi connectivity index (χ0) is 34.2. The first kappa shape index (κ1) is 31.2. The molecular weight excluding hydrogens is 617 g/mol. The second-order valence-electron chi connectivity index (χ2n) is 13.9. The summed E-state index contributed by atoms with van der Waals surface area (Å²) in [7, 11) is -2.40. The summed E-state index contributed by atoms with van der Waals surface area (Å²) < 4.78 is 10.7. The van der Waals surface area contributed by atoms with Crippen molar-refractivity contribution in [2.75, 3.05) is 17.2 Å². The fraction of sp³-hybridized carbons (Fsp3) is 0.182. The smallest absolute Gasteiger partial charge is 0.102 e. The number of benzene rings is 6.